The molecule has 0 aromatic rings. The predicted octanol–water partition coefficient (Wildman–Crippen LogP) is 4.16. The molecule has 0 radical (unpaired) electrons. The van der Waals surface area contributed by atoms with Gasteiger partial charge in [0.25, 0.3) is 0 Å². The van der Waals surface area contributed by atoms with Crippen LogP contribution in [0.25, 0.3) is 0 Å². The molecule has 2 rings (SSSR count). The molecule has 104 valence electrons. The average molecular weight is 252 g/mol. The van der Waals surface area contributed by atoms with Crippen molar-refractivity contribution >= 4 is 0 Å². The van der Waals surface area contributed by atoms with E-state index in [-0.39, 0.29) is 11.7 Å². The van der Waals surface area contributed by atoms with Crippen molar-refractivity contribution < 1.29 is 9.47 Å². The van der Waals surface area contributed by atoms with Crippen molar-refractivity contribution in [2.75, 3.05) is 13.2 Å². The van der Waals surface area contributed by atoms with Crippen LogP contribution in [0.2, 0.25) is 0 Å². The van der Waals surface area contributed by atoms with Crippen molar-refractivity contribution in [2.45, 2.75) is 59.7 Å². The molecule has 2 aliphatic rings. The van der Waals surface area contributed by atoms with Crippen LogP contribution in [-0.2, 0) is 9.47 Å². The maximum absolute atomic E-state index is 6.04. The fourth-order valence-corrected chi connectivity index (χ4v) is 3.35. The van der Waals surface area contributed by atoms with E-state index in [1.54, 1.807) is 0 Å². The minimum atomic E-state index is 0.0225. The van der Waals surface area contributed by atoms with Crippen LogP contribution in [-0.4, -0.2) is 19.5 Å². The first-order valence-corrected chi connectivity index (χ1v) is 7.44. The van der Waals surface area contributed by atoms with Gasteiger partial charge in [-0.2, -0.15) is 0 Å². The topological polar surface area (TPSA) is 18.5 Å². The summed E-state index contributed by atoms with van der Waals surface area (Å²) in [4.78, 5) is 0. The standard InChI is InChI=1S/C16H28O2/c1-5-8-16(4)10-17-15(18-11-16)14-7-6-12(2)9-13(14)3/h9,13-15H,5-8,10-11H2,1-4H3. The van der Waals surface area contributed by atoms with Gasteiger partial charge < -0.3 is 9.47 Å². The van der Waals surface area contributed by atoms with E-state index in [1.165, 1.54) is 31.3 Å². The van der Waals surface area contributed by atoms with Gasteiger partial charge in [-0.05, 0) is 32.1 Å². The highest BCUT2D eigenvalue weighted by molar-refractivity contribution is 5.06. The zero-order valence-corrected chi connectivity index (χ0v) is 12.4. The summed E-state index contributed by atoms with van der Waals surface area (Å²) in [5, 5.41) is 0. The summed E-state index contributed by atoms with van der Waals surface area (Å²) in [6.45, 7) is 10.7. The molecule has 0 bridgehead atoms. The van der Waals surface area contributed by atoms with Crippen molar-refractivity contribution in [3.8, 4) is 0 Å². The molecule has 1 fully saturated rings. The molecule has 1 aliphatic carbocycles. The number of allylic oxidation sites excluding steroid dienone is 2. The quantitative estimate of drug-likeness (QED) is 0.702. The number of ether oxygens (including phenoxy) is 2. The maximum Gasteiger partial charge on any atom is 0.160 e. The van der Waals surface area contributed by atoms with Crippen LogP contribution in [0, 0.1) is 17.3 Å². The summed E-state index contributed by atoms with van der Waals surface area (Å²) in [6, 6.07) is 0. The van der Waals surface area contributed by atoms with E-state index >= 15 is 0 Å². The smallest absolute Gasteiger partial charge is 0.160 e. The second kappa shape index (κ2) is 5.75. The van der Waals surface area contributed by atoms with Crippen LogP contribution in [0.3, 0.4) is 0 Å². The summed E-state index contributed by atoms with van der Waals surface area (Å²) < 4.78 is 12.1. The van der Waals surface area contributed by atoms with Gasteiger partial charge in [-0.1, -0.05) is 38.8 Å². The zero-order chi connectivity index (χ0) is 13.2. The molecule has 0 saturated carbocycles. The van der Waals surface area contributed by atoms with Crippen molar-refractivity contribution in [3.63, 3.8) is 0 Å². The molecule has 0 spiro atoms. The van der Waals surface area contributed by atoms with Crippen LogP contribution < -0.4 is 0 Å². The van der Waals surface area contributed by atoms with Gasteiger partial charge >= 0.3 is 0 Å². The van der Waals surface area contributed by atoms with E-state index in [0.29, 0.717) is 11.8 Å². The van der Waals surface area contributed by atoms with E-state index in [0.717, 1.165) is 13.2 Å². The molecule has 18 heavy (non-hydrogen) atoms. The molecule has 0 N–H and O–H groups in total. The highest BCUT2D eigenvalue weighted by atomic mass is 16.7. The molecule has 2 nitrogen and oxygen atoms in total. The minimum Gasteiger partial charge on any atom is -0.352 e. The Balaban J connectivity index is 1.90. The molecule has 0 aromatic carbocycles. The Hall–Kier alpha value is -0.340. The Morgan fingerprint density at radius 3 is 2.56 bits per heavy atom. The molecule has 0 amide bonds. The van der Waals surface area contributed by atoms with Crippen molar-refractivity contribution in [1.82, 2.24) is 0 Å². The Bertz CT molecular complexity index is 300. The van der Waals surface area contributed by atoms with E-state index in [4.69, 9.17) is 9.47 Å². The fraction of sp³-hybridized carbons (Fsp3) is 0.875. The second-order valence-corrected chi connectivity index (χ2v) is 6.63. The lowest BCUT2D eigenvalue weighted by Gasteiger charge is -2.42. The zero-order valence-electron chi connectivity index (χ0n) is 12.4. The summed E-state index contributed by atoms with van der Waals surface area (Å²) in [7, 11) is 0. The second-order valence-electron chi connectivity index (χ2n) is 6.63. The molecule has 2 heteroatoms. The van der Waals surface area contributed by atoms with Gasteiger partial charge in [0.05, 0.1) is 13.2 Å². The van der Waals surface area contributed by atoms with Gasteiger partial charge in [0.15, 0.2) is 6.29 Å². The van der Waals surface area contributed by atoms with Crippen LogP contribution in [0.4, 0.5) is 0 Å². The Morgan fingerprint density at radius 1 is 1.33 bits per heavy atom. The third-order valence-electron chi connectivity index (χ3n) is 4.49. The lowest BCUT2D eigenvalue weighted by atomic mass is 9.80. The summed E-state index contributed by atoms with van der Waals surface area (Å²) in [5.41, 5.74) is 1.75. The van der Waals surface area contributed by atoms with E-state index in [9.17, 15) is 0 Å². The monoisotopic (exact) mass is 252 g/mol. The normalized spacial score (nSPS) is 41.6. The maximum atomic E-state index is 6.04. The summed E-state index contributed by atoms with van der Waals surface area (Å²) in [5.74, 6) is 1.12. The lowest BCUT2D eigenvalue weighted by molar-refractivity contribution is -0.253. The Kier molecular flexibility index (Phi) is 4.50. The number of rotatable bonds is 3. The largest absolute Gasteiger partial charge is 0.352 e. The van der Waals surface area contributed by atoms with E-state index in [1.807, 2.05) is 0 Å². The molecule has 0 aromatic heterocycles. The first-order chi connectivity index (χ1) is 8.54. The van der Waals surface area contributed by atoms with Crippen molar-refractivity contribution in [2.24, 2.45) is 17.3 Å². The van der Waals surface area contributed by atoms with Gasteiger partial charge in [-0.15, -0.1) is 0 Å². The lowest BCUT2D eigenvalue weighted by Crippen LogP contribution is -2.44. The van der Waals surface area contributed by atoms with Crippen LogP contribution in [0.1, 0.15) is 53.4 Å². The molecule has 2 atom stereocenters. The van der Waals surface area contributed by atoms with Crippen LogP contribution >= 0.6 is 0 Å². The highest BCUT2D eigenvalue weighted by Gasteiger charge is 2.37. The Labute approximate surface area is 112 Å². The van der Waals surface area contributed by atoms with E-state index in [2.05, 4.69) is 33.8 Å². The molecule has 1 heterocycles. The third kappa shape index (κ3) is 3.16. The molecular formula is C16H28O2. The summed E-state index contributed by atoms with van der Waals surface area (Å²) >= 11 is 0. The van der Waals surface area contributed by atoms with Gasteiger partial charge in [-0.25, -0.2) is 0 Å². The average Bonchev–Trinajstić information content (AvgIpc) is 2.31. The number of hydrogen-bond donors (Lipinski definition) is 0. The minimum absolute atomic E-state index is 0.0225. The molecule has 2 unspecified atom stereocenters. The molecular weight excluding hydrogens is 224 g/mol. The molecule has 1 aliphatic heterocycles. The van der Waals surface area contributed by atoms with Crippen molar-refractivity contribution in [1.29, 1.82) is 0 Å². The third-order valence-corrected chi connectivity index (χ3v) is 4.49. The van der Waals surface area contributed by atoms with Crippen LogP contribution in [0.5, 0.6) is 0 Å². The van der Waals surface area contributed by atoms with Crippen molar-refractivity contribution in [3.05, 3.63) is 11.6 Å². The SMILES string of the molecule is CCCC1(C)COC(C2CCC(C)=CC2C)OC1. The predicted molar refractivity (Wildman–Crippen MR) is 74.4 cm³/mol. The van der Waals surface area contributed by atoms with Gasteiger partial charge in [0, 0.05) is 11.3 Å². The summed E-state index contributed by atoms with van der Waals surface area (Å²) in [6.07, 6.45) is 7.22. The van der Waals surface area contributed by atoms with E-state index < -0.39 is 0 Å². The van der Waals surface area contributed by atoms with Gasteiger partial charge in [0.2, 0.25) is 0 Å². The van der Waals surface area contributed by atoms with Crippen LogP contribution in [0.15, 0.2) is 11.6 Å². The molecule has 1 saturated heterocycles. The first-order valence-electron chi connectivity index (χ1n) is 7.44. The highest BCUT2D eigenvalue weighted by Crippen LogP contribution is 2.37. The Morgan fingerprint density at radius 2 is 2.00 bits per heavy atom. The first kappa shape index (κ1) is 14.1. The fourth-order valence-electron chi connectivity index (χ4n) is 3.35. The van der Waals surface area contributed by atoms with Gasteiger partial charge in [0.1, 0.15) is 0 Å². The van der Waals surface area contributed by atoms with Gasteiger partial charge in [-0.3, -0.25) is 0 Å². The number of hydrogen-bond acceptors (Lipinski definition) is 2.